The minimum absolute atomic E-state index is 0.198. The summed E-state index contributed by atoms with van der Waals surface area (Å²) < 4.78 is 10.5. The zero-order chi connectivity index (χ0) is 12.4. The van der Waals surface area contributed by atoms with E-state index in [1.54, 1.807) is 7.11 Å². The second-order valence-electron chi connectivity index (χ2n) is 4.06. The SMILES string of the molecule is COc1ccc2c(c1)C(OCC(=O)O)C(N)C2. The number of aliphatic carboxylic acids is 1. The standard InChI is InChI=1S/C12H15NO4/c1-16-8-3-2-7-4-10(13)12(9(7)5-8)17-6-11(14)15/h2-3,5,10,12H,4,6,13H2,1H3,(H,14,15). The van der Waals surface area contributed by atoms with Crippen LogP contribution in [0.1, 0.15) is 17.2 Å². The third-order valence-corrected chi connectivity index (χ3v) is 2.89. The first-order valence-electron chi connectivity index (χ1n) is 5.37. The van der Waals surface area contributed by atoms with E-state index in [1.165, 1.54) is 0 Å². The van der Waals surface area contributed by atoms with Gasteiger partial charge in [-0.2, -0.15) is 0 Å². The van der Waals surface area contributed by atoms with Gasteiger partial charge in [0.25, 0.3) is 0 Å². The molecule has 0 saturated heterocycles. The first-order chi connectivity index (χ1) is 8.11. The van der Waals surface area contributed by atoms with Crippen LogP contribution in [0.3, 0.4) is 0 Å². The number of benzene rings is 1. The van der Waals surface area contributed by atoms with Crippen LogP contribution in [0.15, 0.2) is 18.2 Å². The van der Waals surface area contributed by atoms with Gasteiger partial charge in [0.2, 0.25) is 0 Å². The Labute approximate surface area is 99.1 Å². The van der Waals surface area contributed by atoms with Crippen molar-refractivity contribution in [3.8, 4) is 5.75 Å². The van der Waals surface area contributed by atoms with E-state index in [0.717, 1.165) is 16.9 Å². The van der Waals surface area contributed by atoms with E-state index in [0.29, 0.717) is 6.42 Å². The van der Waals surface area contributed by atoms with Gasteiger partial charge < -0.3 is 20.3 Å². The highest BCUT2D eigenvalue weighted by Gasteiger charge is 2.31. The Balaban J connectivity index is 2.21. The molecule has 0 fully saturated rings. The molecule has 2 atom stereocenters. The molecule has 0 aliphatic heterocycles. The summed E-state index contributed by atoms with van der Waals surface area (Å²) in [5.74, 6) is -0.268. The molecule has 2 rings (SSSR count). The van der Waals surface area contributed by atoms with Crippen LogP contribution in [0.2, 0.25) is 0 Å². The van der Waals surface area contributed by atoms with Gasteiger partial charge in [0.1, 0.15) is 12.4 Å². The lowest BCUT2D eigenvalue weighted by atomic mass is 10.1. The molecule has 0 aromatic heterocycles. The topological polar surface area (TPSA) is 81.8 Å². The molecule has 0 saturated carbocycles. The minimum Gasteiger partial charge on any atom is -0.497 e. The van der Waals surface area contributed by atoms with Crippen LogP contribution in [0.5, 0.6) is 5.75 Å². The van der Waals surface area contributed by atoms with Gasteiger partial charge in [-0.15, -0.1) is 0 Å². The third kappa shape index (κ3) is 2.40. The summed E-state index contributed by atoms with van der Waals surface area (Å²) in [6.07, 6.45) is 0.333. The highest BCUT2D eigenvalue weighted by molar-refractivity contribution is 5.68. The maximum atomic E-state index is 10.5. The van der Waals surface area contributed by atoms with E-state index >= 15 is 0 Å². The molecule has 3 N–H and O–H groups in total. The van der Waals surface area contributed by atoms with Gasteiger partial charge in [0.05, 0.1) is 13.2 Å². The molecular formula is C12H15NO4. The fraction of sp³-hybridized carbons (Fsp3) is 0.417. The van der Waals surface area contributed by atoms with E-state index in [-0.39, 0.29) is 18.8 Å². The molecule has 5 heteroatoms. The molecule has 92 valence electrons. The molecule has 1 aliphatic rings. The zero-order valence-electron chi connectivity index (χ0n) is 9.55. The first kappa shape index (κ1) is 11.9. The lowest BCUT2D eigenvalue weighted by molar-refractivity contribution is -0.144. The molecule has 1 aliphatic carbocycles. The van der Waals surface area contributed by atoms with Gasteiger partial charge in [-0.25, -0.2) is 4.79 Å². The molecule has 0 spiro atoms. The van der Waals surface area contributed by atoms with Crippen molar-refractivity contribution >= 4 is 5.97 Å². The summed E-state index contributed by atoms with van der Waals surface area (Å²) in [5.41, 5.74) is 7.97. The van der Waals surface area contributed by atoms with Gasteiger partial charge in [-0.1, -0.05) is 6.07 Å². The number of fused-ring (bicyclic) bond motifs is 1. The number of carboxylic acids is 1. The predicted molar refractivity (Wildman–Crippen MR) is 61.0 cm³/mol. The lowest BCUT2D eigenvalue weighted by Crippen LogP contribution is -2.28. The third-order valence-electron chi connectivity index (χ3n) is 2.89. The van der Waals surface area contributed by atoms with Crippen LogP contribution in [0.25, 0.3) is 0 Å². The number of carboxylic acid groups (broad SMARTS) is 1. The summed E-state index contributed by atoms with van der Waals surface area (Å²) in [5, 5.41) is 8.62. The highest BCUT2D eigenvalue weighted by atomic mass is 16.5. The Kier molecular flexibility index (Phi) is 3.31. The molecule has 0 bridgehead atoms. The number of methoxy groups -OCH3 is 1. The number of nitrogens with two attached hydrogens (primary N) is 1. The summed E-state index contributed by atoms with van der Waals surface area (Å²) >= 11 is 0. The van der Waals surface area contributed by atoms with E-state index in [4.69, 9.17) is 20.3 Å². The molecule has 1 aromatic rings. The van der Waals surface area contributed by atoms with Crippen molar-refractivity contribution in [3.05, 3.63) is 29.3 Å². The molecule has 0 amide bonds. The summed E-state index contributed by atoms with van der Waals surface area (Å²) in [6.45, 7) is -0.338. The van der Waals surface area contributed by atoms with Crippen LogP contribution in [-0.2, 0) is 16.0 Å². The summed E-state index contributed by atoms with van der Waals surface area (Å²) in [7, 11) is 1.59. The Morgan fingerprint density at radius 2 is 2.35 bits per heavy atom. The van der Waals surface area contributed by atoms with Crippen molar-refractivity contribution in [2.45, 2.75) is 18.6 Å². The van der Waals surface area contributed by atoms with Crippen LogP contribution >= 0.6 is 0 Å². The van der Waals surface area contributed by atoms with Crippen LogP contribution in [-0.4, -0.2) is 30.8 Å². The van der Waals surface area contributed by atoms with Crippen molar-refractivity contribution in [1.82, 2.24) is 0 Å². The van der Waals surface area contributed by atoms with Gasteiger partial charge in [-0.3, -0.25) is 0 Å². The number of carbonyl (C=O) groups is 1. The summed E-state index contributed by atoms with van der Waals surface area (Å²) in [6, 6.07) is 5.47. The minimum atomic E-state index is -0.992. The molecule has 0 radical (unpaired) electrons. The highest BCUT2D eigenvalue weighted by Crippen LogP contribution is 2.35. The number of ether oxygens (including phenoxy) is 2. The predicted octanol–water partition coefficient (Wildman–Crippen LogP) is 0.721. The second kappa shape index (κ2) is 4.73. The van der Waals surface area contributed by atoms with Crippen molar-refractivity contribution in [1.29, 1.82) is 0 Å². The normalized spacial score (nSPS) is 22.2. The molecule has 5 nitrogen and oxygen atoms in total. The Hall–Kier alpha value is -1.59. The Morgan fingerprint density at radius 1 is 1.59 bits per heavy atom. The maximum Gasteiger partial charge on any atom is 0.329 e. The largest absolute Gasteiger partial charge is 0.497 e. The average molecular weight is 237 g/mol. The number of hydrogen-bond donors (Lipinski definition) is 2. The van der Waals surface area contributed by atoms with Crippen molar-refractivity contribution in [3.63, 3.8) is 0 Å². The second-order valence-corrected chi connectivity index (χ2v) is 4.06. The molecule has 17 heavy (non-hydrogen) atoms. The van der Waals surface area contributed by atoms with Crippen LogP contribution in [0.4, 0.5) is 0 Å². The zero-order valence-corrected chi connectivity index (χ0v) is 9.55. The van der Waals surface area contributed by atoms with E-state index < -0.39 is 5.97 Å². The lowest BCUT2D eigenvalue weighted by Gasteiger charge is -2.16. The smallest absolute Gasteiger partial charge is 0.329 e. The van der Waals surface area contributed by atoms with Crippen LogP contribution in [0, 0.1) is 0 Å². The van der Waals surface area contributed by atoms with Gasteiger partial charge >= 0.3 is 5.97 Å². The number of hydrogen-bond acceptors (Lipinski definition) is 4. The fourth-order valence-corrected chi connectivity index (χ4v) is 2.12. The monoisotopic (exact) mass is 237 g/mol. The molecule has 2 unspecified atom stereocenters. The Morgan fingerprint density at radius 3 is 3.00 bits per heavy atom. The first-order valence-corrected chi connectivity index (χ1v) is 5.37. The average Bonchev–Trinajstić information content (AvgIpc) is 2.61. The molecule has 1 aromatic carbocycles. The van der Waals surface area contributed by atoms with Crippen molar-refractivity contribution in [2.24, 2.45) is 5.73 Å². The fourth-order valence-electron chi connectivity index (χ4n) is 2.12. The van der Waals surface area contributed by atoms with Gasteiger partial charge in [-0.05, 0) is 29.7 Å². The maximum absolute atomic E-state index is 10.5. The quantitative estimate of drug-likeness (QED) is 0.806. The van der Waals surface area contributed by atoms with E-state index in [2.05, 4.69) is 0 Å². The van der Waals surface area contributed by atoms with Crippen LogP contribution < -0.4 is 10.5 Å². The van der Waals surface area contributed by atoms with E-state index in [1.807, 2.05) is 18.2 Å². The van der Waals surface area contributed by atoms with Crippen molar-refractivity contribution in [2.75, 3.05) is 13.7 Å². The summed E-state index contributed by atoms with van der Waals surface area (Å²) in [4.78, 5) is 10.5. The molecule has 0 heterocycles. The van der Waals surface area contributed by atoms with Gasteiger partial charge in [0, 0.05) is 6.04 Å². The van der Waals surface area contributed by atoms with E-state index in [9.17, 15) is 4.79 Å². The molecular weight excluding hydrogens is 222 g/mol. The van der Waals surface area contributed by atoms with Crippen molar-refractivity contribution < 1.29 is 19.4 Å². The number of rotatable bonds is 4. The van der Waals surface area contributed by atoms with Gasteiger partial charge in [0.15, 0.2) is 0 Å². The Bertz CT molecular complexity index is 433.